The van der Waals surface area contributed by atoms with Crippen LogP contribution >= 0.6 is 11.8 Å². The summed E-state index contributed by atoms with van der Waals surface area (Å²) in [5.41, 5.74) is 1.16. The van der Waals surface area contributed by atoms with E-state index in [1.807, 2.05) is 19.1 Å². The number of aromatic nitrogens is 2. The average molecular weight is 246 g/mol. The van der Waals surface area contributed by atoms with Crippen LogP contribution < -0.4 is 0 Å². The molecular weight excluding hydrogens is 236 g/mol. The van der Waals surface area contributed by atoms with Crippen LogP contribution in [-0.4, -0.2) is 21.0 Å². The van der Waals surface area contributed by atoms with Crippen LogP contribution in [0.2, 0.25) is 0 Å². The maximum Gasteiger partial charge on any atom is 0.336 e. The smallest absolute Gasteiger partial charge is 0.336 e. The fraction of sp³-hybridized carbons (Fsp3) is 0.0833. The van der Waals surface area contributed by atoms with Crippen molar-refractivity contribution in [3.63, 3.8) is 0 Å². The monoisotopic (exact) mass is 246 g/mol. The van der Waals surface area contributed by atoms with Gasteiger partial charge >= 0.3 is 5.97 Å². The Morgan fingerprint density at radius 1 is 1.35 bits per heavy atom. The second-order valence-corrected chi connectivity index (χ2v) is 4.53. The topological polar surface area (TPSA) is 63.1 Å². The van der Waals surface area contributed by atoms with Gasteiger partial charge in [0.1, 0.15) is 0 Å². The maximum atomic E-state index is 11.0. The molecule has 5 heteroatoms. The molecule has 2 aromatic heterocycles. The molecule has 0 unspecified atom stereocenters. The van der Waals surface area contributed by atoms with Crippen LogP contribution in [0.5, 0.6) is 0 Å². The van der Waals surface area contributed by atoms with E-state index in [-0.39, 0.29) is 5.56 Å². The number of nitrogens with zero attached hydrogens (tertiary/aromatic N) is 2. The van der Waals surface area contributed by atoms with Crippen molar-refractivity contribution in [2.75, 3.05) is 0 Å². The normalized spacial score (nSPS) is 10.2. The minimum absolute atomic E-state index is 0.263. The van der Waals surface area contributed by atoms with Gasteiger partial charge in [-0.25, -0.2) is 4.79 Å². The second kappa shape index (κ2) is 4.97. The van der Waals surface area contributed by atoms with Crippen LogP contribution in [0.4, 0.5) is 0 Å². The van der Waals surface area contributed by atoms with Crippen LogP contribution in [0.25, 0.3) is 0 Å². The van der Waals surface area contributed by atoms with E-state index < -0.39 is 5.97 Å². The number of hydrogen-bond donors (Lipinski definition) is 1. The second-order valence-electron chi connectivity index (χ2n) is 3.41. The lowest BCUT2D eigenvalue weighted by molar-refractivity contribution is 0.0693. The molecule has 2 heterocycles. The third kappa shape index (κ3) is 2.82. The number of aryl methyl sites for hydroxylation is 1. The molecule has 0 aromatic carbocycles. The minimum atomic E-state index is -0.944. The highest BCUT2D eigenvalue weighted by atomic mass is 32.2. The van der Waals surface area contributed by atoms with E-state index in [4.69, 9.17) is 5.11 Å². The molecule has 4 nitrogen and oxygen atoms in total. The molecular formula is C12H10N2O2S. The highest BCUT2D eigenvalue weighted by molar-refractivity contribution is 7.99. The third-order valence-corrected chi connectivity index (χ3v) is 3.15. The first-order valence-corrected chi connectivity index (χ1v) is 5.76. The molecule has 0 aliphatic rings. The Morgan fingerprint density at radius 3 is 2.88 bits per heavy atom. The molecule has 0 aliphatic heterocycles. The van der Waals surface area contributed by atoms with Crippen molar-refractivity contribution in [3.8, 4) is 0 Å². The maximum absolute atomic E-state index is 11.0. The number of pyridine rings is 2. The zero-order valence-corrected chi connectivity index (χ0v) is 9.94. The van der Waals surface area contributed by atoms with Crippen LogP contribution in [0.3, 0.4) is 0 Å². The first-order chi connectivity index (χ1) is 8.16. The molecule has 0 bridgehead atoms. The van der Waals surface area contributed by atoms with Crippen LogP contribution in [0, 0.1) is 6.92 Å². The fourth-order valence-electron chi connectivity index (χ4n) is 1.35. The van der Waals surface area contributed by atoms with Crippen LogP contribution in [-0.2, 0) is 0 Å². The van der Waals surface area contributed by atoms with Gasteiger partial charge in [-0.15, -0.1) is 0 Å². The fourth-order valence-corrected chi connectivity index (χ4v) is 2.34. The van der Waals surface area contributed by atoms with Gasteiger partial charge < -0.3 is 5.11 Å². The van der Waals surface area contributed by atoms with E-state index >= 15 is 0 Å². The summed E-state index contributed by atoms with van der Waals surface area (Å²) in [4.78, 5) is 20.6. The molecule has 1 N–H and O–H groups in total. The van der Waals surface area contributed by atoms with Crippen molar-refractivity contribution in [3.05, 3.63) is 48.0 Å². The molecule has 0 fully saturated rings. The van der Waals surface area contributed by atoms with Gasteiger partial charge in [0, 0.05) is 34.1 Å². The molecule has 0 spiro atoms. The number of carboxylic acids is 1. The number of carboxylic acid groups (broad SMARTS) is 1. The lowest BCUT2D eigenvalue weighted by Crippen LogP contribution is -1.98. The zero-order chi connectivity index (χ0) is 12.3. The van der Waals surface area contributed by atoms with Crippen molar-refractivity contribution in [2.24, 2.45) is 0 Å². The van der Waals surface area contributed by atoms with Gasteiger partial charge in [0.25, 0.3) is 0 Å². The molecule has 2 rings (SSSR count). The van der Waals surface area contributed by atoms with E-state index in [2.05, 4.69) is 9.97 Å². The standard InChI is InChI=1S/C12H10N2O2S/c1-8-6-9(2-5-14-8)17-11-7-13-4-3-10(11)12(15)16/h2-7H,1H3,(H,15,16). The minimum Gasteiger partial charge on any atom is -0.478 e. The molecule has 0 atom stereocenters. The number of aromatic carboxylic acids is 1. The summed E-state index contributed by atoms with van der Waals surface area (Å²) in [6, 6.07) is 5.25. The van der Waals surface area contributed by atoms with Crippen molar-refractivity contribution < 1.29 is 9.90 Å². The van der Waals surface area contributed by atoms with E-state index in [1.54, 1.807) is 12.4 Å². The molecule has 0 amide bonds. The third-order valence-electron chi connectivity index (χ3n) is 2.11. The first kappa shape index (κ1) is 11.6. The summed E-state index contributed by atoms with van der Waals surface area (Å²) in [6.07, 6.45) is 4.74. The van der Waals surface area contributed by atoms with E-state index in [1.165, 1.54) is 24.0 Å². The summed E-state index contributed by atoms with van der Waals surface area (Å²) in [6.45, 7) is 1.89. The summed E-state index contributed by atoms with van der Waals surface area (Å²) < 4.78 is 0. The van der Waals surface area contributed by atoms with Crippen LogP contribution in [0.15, 0.2) is 46.6 Å². The van der Waals surface area contributed by atoms with Crippen molar-refractivity contribution in [1.29, 1.82) is 0 Å². The van der Waals surface area contributed by atoms with Gasteiger partial charge in [-0.05, 0) is 25.1 Å². The zero-order valence-electron chi connectivity index (χ0n) is 9.12. The Balaban J connectivity index is 2.33. The SMILES string of the molecule is Cc1cc(Sc2cnccc2C(=O)O)ccn1. The quantitative estimate of drug-likeness (QED) is 0.902. The molecule has 17 heavy (non-hydrogen) atoms. The lowest BCUT2D eigenvalue weighted by atomic mass is 10.3. The van der Waals surface area contributed by atoms with Crippen molar-refractivity contribution in [1.82, 2.24) is 9.97 Å². The highest BCUT2D eigenvalue weighted by Crippen LogP contribution is 2.29. The molecule has 86 valence electrons. The Hall–Kier alpha value is -1.88. The Bertz CT molecular complexity index is 558. The predicted octanol–water partition coefficient (Wildman–Crippen LogP) is 2.63. The van der Waals surface area contributed by atoms with Gasteiger partial charge in [-0.3, -0.25) is 9.97 Å². The predicted molar refractivity (Wildman–Crippen MR) is 64.3 cm³/mol. The van der Waals surface area contributed by atoms with Crippen LogP contribution in [0.1, 0.15) is 16.1 Å². The summed E-state index contributed by atoms with van der Waals surface area (Å²) in [5.74, 6) is -0.944. The Morgan fingerprint density at radius 2 is 2.18 bits per heavy atom. The molecule has 0 saturated heterocycles. The first-order valence-electron chi connectivity index (χ1n) is 4.94. The largest absolute Gasteiger partial charge is 0.478 e. The Kier molecular flexibility index (Phi) is 3.39. The van der Waals surface area contributed by atoms with Gasteiger partial charge in [0.2, 0.25) is 0 Å². The molecule has 2 aromatic rings. The lowest BCUT2D eigenvalue weighted by Gasteiger charge is -2.05. The highest BCUT2D eigenvalue weighted by Gasteiger charge is 2.10. The van der Waals surface area contributed by atoms with Gasteiger partial charge in [-0.1, -0.05) is 11.8 Å². The number of rotatable bonds is 3. The molecule has 0 saturated carbocycles. The summed E-state index contributed by atoms with van der Waals surface area (Å²) in [7, 11) is 0. The molecule has 0 aliphatic carbocycles. The summed E-state index contributed by atoms with van der Waals surface area (Å²) >= 11 is 1.37. The molecule has 0 radical (unpaired) electrons. The van der Waals surface area contributed by atoms with Crippen molar-refractivity contribution >= 4 is 17.7 Å². The van der Waals surface area contributed by atoms with E-state index in [9.17, 15) is 4.79 Å². The van der Waals surface area contributed by atoms with E-state index in [0.717, 1.165) is 10.6 Å². The Labute approximate surface area is 103 Å². The summed E-state index contributed by atoms with van der Waals surface area (Å²) in [5, 5.41) is 9.04. The van der Waals surface area contributed by atoms with Gasteiger partial charge in [0.05, 0.1) is 5.56 Å². The number of hydrogen-bond acceptors (Lipinski definition) is 4. The van der Waals surface area contributed by atoms with Crippen molar-refractivity contribution in [2.45, 2.75) is 16.7 Å². The number of carbonyl (C=O) groups is 1. The average Bonchev–Trinajstić information content (AvgIpc) is 2.29. The van der Waals surface area contributed by atoms with Gasteiger partial charge in [0.15, 0.2) is 0 Å². The van der Waals surface area contributed by atoms with Gasteiger partial charge in [-0.2, -0.15) is 0 Å². The van der Waals surface area contributed by atoms with E-state index in [0.29, 0.717) is 4.90 Å².